The van der Waals surface area contributed by atoms with Crippen molar-refractivity contribution in [2.75, 3.05) is 27.3 Å². The average molecular weight is 349 g/mol. The van der Waals surface area contributed by atoms with Crippen LogP contribution in [0.2, 0.25) is 0 Å². The van der Waals surface area contributed by atoms with Gasteiger partial charge in [-0.2, -0.15) is 4.31 Å². The van der Waals surface area contributed by atoms with E-state index in [2.05, 4.69) is 0 Å². The van der Waals surface area contributed by atoms with Gasteiger partial charge in [0.25, 0.3) is 0 Å². The number of aryl methyl sites for hydroxylation is 2. The molecule has 0 amide bonds. The molecule has 0 aromatic heterocycles. The third kappa shape index (κ3) is 4.27. The molecule has 0 N–H and O–H groups in total. The zero-order chi connectivity index (χ0) is 17.7. The first-order valence-electron chi connectivity index (χ1n) is 7.65. The first kappa shape index (κ1) is 18.3. The molecular formula is C18H23NO4S. The highest BCUT2D eigenvalue weighted by Gasteiger charge is 2.22. The SMILES string of the molecule is COc1ccc(OCCN(C)S(=O)(=O)c2ccc(C)cc2C)cc1. The summed E-state index contributed by atoms with van der Waals surface area (Å²) in [4.78, 5) is 0.333. The average Bonchev–Trinajstić information content (AvgIpc) is 2.55. The first-order valence-corrected chi connectivity index (χ1v) is 9.09. The number of hydrogen-bond acceptors (Lipinski definition) is 4. The molecule has 0 aliphatic carbocycles. The molecule has 5 nitrogen and oxygen atoms in total. The van der Waals surface area contributed by atoms with Gasteiger partial charge in [0.05, 0.1) is 12.0 Å². The van der Waals surface area contributed by atoms with E-state index in [1.165, 1.54) is 4.31 Å². The summed E-state index contributed by atoms with van der Waals surface area (Å²) in [5, 5.41) is 0. The van der Waals surface area contributed by atoms with Gasteiger partial charge in [-0.05, 0) is 49.7 Å². The lowest BCUT2D eigenvalue weighted by Crippen LogP contribution is -2.31. The Kier molecular flexibility index (Phi) is 5.85. The van der Waals surface area contributed by atoms with Crippen molar-refractivity contribution in [3.05, 3.63) is 53.6 Å². The van der Waals surface area contributed by atoms with Crippen LogP contribution in [0.3, 0.4) is 0 Å². The Morgan fingerprint density at radius 2 is 1.62 bits per heavy atom. The highest BCUT2D eigenvalue weighted by molar-refractivity contribution is 7.89. The normalized spacial score (nSPS) is 11.5. The van der Waals surface area contributed by atoms with Gasteiger partial charge in [0, 0.05) is 13.6 Å². The number of sulfonamides is 1. The van der Waals surface area contributed by atoms with Gasteiger partial charge in [-0.1, -0.05) is 17.7 Å². The molecule has 2 aromatic carbocycles. The van der Waals surface area contributed by atoms with E-state index in [0.29, 0.717) is 10.6 Å². The van der Waals surface area contributed by atoms with Crippen molar-refractivity contribution in [1.29, 1.82) is 0 Å². The fourth-order valence-electron chi connectivity index (χ4n) is 2.34. The van der Waals surface area contributed by atoms with Gasteiger partial charge in [-0.25, -0.2) is 8.42 Å². The molecule has 0 atom stereocenters. The van der Waals surface area contributed by atoms with E-state index in [0.717, 1.165) is 16.9 Å². The van der Waals surface area contributed by atoms with Crippen LogP contribution >= 0.6 is 0 Å². The minimum absolute atomic E-state index is 0.266. The zero-order valence-electron chi connectivity index (χ0n) is 14.4. The molecule has 130 valence electrons. The second-order valence-corrected chi connectivity index (χ2v) is 7.63. The molecule has 0 saturated heterocycles. The molecule has 0 heterocycles. The highest BCUT2D eigenvalue weighted by Crippen LogP contribution is 2.20. The number of benzene rings is 2. The van der Waals surface area contributed by atoms with E-state index in [-0.39, 0.29) is 13.2 Å². The van der Waals surface area contributed by atoms with E-state index in [1.54, 1.807) is 44.5 Å². The minimum Gasteiger partial charge on any atom is -0.497 e. The zero-order valence-corrected chi connectivity index (χ0v) is 15.3. The maximum absolute atomic E-state index is 12.6. The lowest BCUT2D eigenvalue weighted by molar-refractivity contribution is 0.286. The summed E-state index contributed by atoms with van der Waals surface area (Å²) in [6.07, 6.45) is 0. The number of rotatable bonds is 7. The van der Waals surface area contributed by atoms with Gasteiger partial charge in [-0.3, -0.25) is 0 Å². The summed E-state index contributed by atoms with van der Waals surface area (Å²) < 4.78 is 37.3. The molecule has 2 rings (SSSR count). The Labute approximate surface area is 143 Å². The van der Waals surface area contributed by atoms with Gasteiger partial charge in [-0.15, -0.1) is 0 Å². The molecule has 0 unspecified atom stereocenters. The molecule has 0 bridgehead atoms. The molecule has 0 aliphatic heterocycles. The largest absolute Gasteiger partial charge is 0.497 e. The quantitative estimate of drug-likeness (QED) is 0.771. The molecule has 0 saturated carbocycles. The van der Waals surface area contributed by atoms with Crippen LogP contribution in [-0.2, 0) is 10.0 Å². The van der Waals surface area contributed by atoms with Crippen LogP contribution in [0.15, 0.2) is 47.4 Å². The predicted molar refractivity (Wildman–Crippen MR) is 94.2 cm³/mol. The summed E-state index contributed by atoms with van der Waals surface area (Å²) in [5.41, 5.74) is 1.79. The van der Waals surface area contributed by atoms with E-state index < -0.39 is 10.0 Å². The third-order valence-corrected chi connectivity index (χ3v) is 5.77. The predicted octanol–water partition coefficient (Wildman–Crippen LogP) is 3.01. The van der Waals surface area contributed by atoms with Crippen LogP contribution in [0.1, 0.15) is 11.1 Å². The van der Waals surface area contributed by atoms with Gasteiger partial charge in [0.15, 0.2) is 0 Å². The highest BCUT2D eigenvalue weighted by atomic mass is 32.2. The van der Waals surface area contributed by atoms with Crippen molar-refractivity contribution >= 4 is 10.0 Å². The van der Waals surface area contributed by atoms with Crippen LogP contribution in [-0.4, -0.2) is 40.0 Å². The Morgan fingerprint density at radius 3 is 2.21 bits per heavy atom. The maximum atomic E-state index is 12.6. The van der Waals surface area contributed by atoms with E-state index in [4.69, 9.17) is 9.47 Å². The fourth-order valence-corrected chi connectivity index (χ4v) is 3.70. The number of likely N-dealkylation sites (N-methyl/N-ethyl adjacent to an activating group) is 1. The van der Waals surface area contributed by atoms with Crippen LogP contribution in [0.4, 0.5) is 0 Å². The van der Waals surface area contributed by atoms with Crippen molar-refractivity contribution < 1.29 is 17.9 Å². The molecule has 6 heteroatoms. The van der Waals surface area contributed by atoms with E-state index in [1.807, 2.05) is 26.0 Å². The lowest BCUT2D eigenvalue weighted by atomic mass is 10.2. The molecule has 0 aliphatic rings. The first-order chi connectivity index (χ1) is 11.3. The fraction of sp³-hybridized carbons (Fsp3) is 0.333. The van der Waals surface area contributed by atoms with E-state index >= 15 is 0 Å². The number of nitrogens with zero attached hydrogens (tertiary/aromatic N) is 1. The van der Waals surface area contributed by atoms with Crippen molar-refractivity contribution in [3.8, 4) is 11.5 Å². The van der Waals surface area contributed by atoms with Crippen LogP contribution in [0.5, 0.6) is 11.5 Å². The van der Waals surface area contributed by atoms with Gasteiger partial charge >= 0.3 is 0 Å². The topological polar surface area (TPSA) is 55.8 Å². The number of hydrogen-bond donors (Lipinski definition) is 0. The molecule has 0 fully saturated rings. The van der Waals surface area contributed by atoms with Crippen molar-refractivity contribution in [2.24, 2.45) is 0 Å². The molecule has 24 heavy (non-hydrogen) atoms. The minimum atomic E-state index is -3.52. The Balaban J connectivity index is 1.98. The van der Waals surface area contributed by atoms with Crippen LogP contribution < -0.4 is 9.47 Å². The lowest BCUT2D eigenvalue weighted by Gasteiger charge is -2.19. The third-order valence-electron chi connectivity index (χ3n) is 3.75. The molecule has 2 aromatic rings. The Morgan fingerprint density at radius 1 is 1.00 bits per heavy atom. The summed E-state index contributed by atoms with van der Waals surface area (Å²) in [5.74, 6) is 1.42. The van der Waals surface area contributed by atoms with Gasteiger partial charge in [0.2, 0.25) is 10.0 Å². The van der Waals surface area contributed by atoms with Crippen molar-refractivity contribution in [3.63, 3.8) is 0 Å². The number of ether oxygens (including phenoxy) is 2. The molecule has 0 spiro atoms. The maximum Gasteiger partial charge on any atom is 0.243 e. The van der Waals surface area contributed by atoms with Crippen molar-refractivity contribution in [1.82, 2.24) is 4.31 Å². The van der Waals surface area contributed by atoms with Crippen molar-refractivity contribution in [2.45, 2.75) is 18.7 Å². The standard InChI is InChI=1S/C18H23NO4S/c1-14-5-10-18(15(2)13-14)24(20,21)19(3)11-12-23-17-8-6-16(22-4)7-9-17/h5-10,13H,11-12H2,1-4H3. The van der Waals surface area contributed by atoms with Gasteiger partial charge < -0.3 is 9.47 Å². The van der Waals surface area contributed by atoms with Crippen LogP contribution in [0, 0.1) is 13.8 Å². The second-order valence-electron chi connectivity index (χ2n) is 5.62. The summed E-state index contributed by atoms with van der Waals surface area (Å²) >= 11 is 0. The number of methoxy groups -OCH3 is 1. The monoisotopic (exact) mass is 349 g/mol. The Bertz CT molecular complexity index is 785. The summed E-state index contributed by atoms with van der Waals surface area (Å²) in [6, 6.07) is 12.5. The van der Waals surface area contributed by atoms with Crippen LogP contribution in [0.25, 0.3) is 0 Å². The second kappa shape index (κ2) is 7.68. The smallest absolute Gasteiger partial charge is 0.243 e. The summed E-state index contributed by atoms with van der Waals surface area (Å²) in [6.45, 7) is 4.28. The summed E-state index contributed by atoms with van der Waals surface area (Å²) in [7, 11) is -0.357. The van der Waals surface area contributed by atoms with E-state index in [9.17, 15) is 8.42 Å². The molecular weight excluding hydrogens is 326 g/mol. The molecule has 0 radical (unpaired) electrons. The van der Waals surface area contributed by atoms with Gasteiger partial charge in [0.1, 0.15) is 18.1 Å². The Hall–Kier alpha value is -2.05.